The molecule has 2 rings (SSSR count). The summed E-state index contributed by atoms with van der Waals surface area (Å²) in [5, 5.41) is 13.3. The van der Waals surface area contributed by atoms with Crippen molar-refractivity contribution < 1.29 is 22.9 Å². The lowest BCUT2D eigenvalue weighted by atomic mass is 10.2. The quantitative estimate of drug-likeness (QED) is 0.409. The van der Waals surface area contributed by atoms with E-state index in [1.165, 1.54) is 29.2 Å². The maximum Gasteiger partial charge on any atom is 0.314 e. The van der Waals surface area contributed by atoms with Gasteiger partial charge in [-0.1, -0.05) is 12.1 Å². The number of hydrogen-bond acceptors (Lipinski definition) is 7. The molecule has 1 atom stereocenters. The van der Waals surface area contributed by atoms with E-state index in [4.69, 9.17) is 0 Å². The zero-order valence-electron chi connectivity index (χ0n) is 15.1. The molecule has 0 radical (unpaired) electrons. The molecule has 0 aromatic heterocycles. The average molecular weight is 398 g/mol. The monoisotopic (exact) mass is 398 g/mol. The number of benzene rings is 1. The summed E-state index contributed by atoms with van der Waals surface area (Å²) in [4.78, 5) is 38.5. The smallest absolute Gasteiger partial charge is 0.314 e. The van der Waals surface area contributed by atoms with Gasteiger partial charge in [0, 0.05) is 25.2 Å². The molecular weight excluding hydrogens is 376 g/mol. The molecule has 1 heterocycles. The fraction of sp³-hybridized carbons (Fsp3) is 0.500. The fourth-order valence-corrected chi connectivity index (χ4v) is 4.55. The number of carbonyl (C=O) groups is 2. The number of nitro groups is 1. The van der Waals surface area contributed by atoms with Crippen molar-refractivity contribution in [3.05, 3.63) is 34.4 Å². The molecule has 27 heavy (non-hydrogen) atoms. The van der Waals surface area contributed by atoms with Crippen LogP contribution in [0.1, 0.15) is 6.42 Å². The second kappa shape index (κ2) is 8.44. The minimum Gasteiger partial charge on any atom is -0.329 e. The predicted molar refractivity (Wildman–Crippen MR) is 99.1 cm³/mol. The average Bonchev–Trinajstić information content (AvgIpc) is 2.94. The summed E-state index contributed by atoms with van der Waals surface area (Å²) in [5.41, 5.74) is -0.422. The van der Waals surface area contributed by atoms with E-state index in [2.05, 4.69) is 5.32 Å². The van der Waals surface area contributed by atoms with Crippen molar-refractivity contribution in [3.8, 4) is 0 Å². The largest absolute Gasteiger partial charge is 0.329 e. The number of nitrogens with zero attached hydrogens (tertiary/aromatic N) is 3. The summed E-state index contributed by atoms with van der Waals surface area (Å²) in [5.74, 6) is -2.16. The van der Waals surface area contributed by atoms with Crippen molar-refractivity contribution in [1.82, 2.24) is 9.80 Å². The first-order valence-corrected chi connectivity index (χ1v) is 10.1. The highest BCUT2D eigenvalue weighted by Crippen LogP contribution is 2.24. The molecule has 10 nitrogen and oxygen atoms in total. The Balaban J connectivity index is 2.19. The van der Waals surface area contributed by atoms with Crippen LogP contribution >= 0.6 is 0 Å². The summed E-state index contributed by atoms with van der Waals surface area (Å²) >= 11 is 0. The first-order chi connectivity index (χ1) is 12.6. The van der Waals surface area contributed by atoms with E-state index in [9.17, 15) is 28.1 Å². The molecule has 1 aromatic rings. The minimum absolute atomic E-state index is 0.0326. The van der Waals surface area contributed by atoms with Crippen molar-refractivity contribution in [1.29, 1.82) is 0 Å². The van der Waals surface area contributed by atoms with Crippen LogP contribution in [0.15, 0.2) is 24.3 Å². The summed E-state index contributed by atoms with van der Waals surface area (Å²) in [6.07, 6.45) is 0.264. The second-order valence-electron chi connectivity index (χ2n) is 6.59. The highest BCUT2D eigenvalue weighted by Gasteiger charge is 2.37. The van der Waals surface area contributed by atoms with Crippen LogP contribution in [0.2, 0.25) is 0 Å². The highest BCUT2D eigenvalue weighted by molar-refractivity contribution is 7.91. The van der Waals surface area contributed by atoms with E-state index in [0.717, 1.165) is 0 Å². The van der Waals surface area contributed by atoms with Gasteiger partial charge in [0.2, 0.25) is 0 Å². The van der Waals surface area contributed by atoms with Crippen LogP contribution in [-0.2, 0) is 19.4 Å². The number of sulfone groups is 1. The lowest BCUT2D eigenvalue weighted by molar-refractivity contribution is -0.383. The molecule has 1 aliphatic rings. The van der Waals surface area contributed by atoms with E-state index in [1.54, 1.807) is 14.1 Å². The number of likely N-dealkylation sites (N-methyl/N-ethyl adjacent to an activating group) is 1. The van der Waals surface area contributed by atoms with Gasteiger partial charge in [-0.2, -0.15) is 0 Å². The zero-order valence-corrected chi connectivity index (χ0v) is 15.9. The Hall–Kier alpha value is -2.53. The van der Waals surface area contributed by atoms with E-state index < -0.39 is 32.6 Å². The Labute approximate surface area is 157 Å². The Morgan fingerprint density at radius 1 is 1.26 bits per heavy atom. The molecule has 1 unspecified atom stereocenters. The normalized spacial score (nSPS) is 18.3. The number of hydrogen-bond donors (Lipinski definition) is 1. The molecule has 0 bridgehead atoms. The topological polar surface area (TPSA) is 130 Å². The van der Waals surface area contributed by atoms with Crippen LogP contribution in [-0.4, -0.2) is 79.7 Å². The van der Waals surface area contributed by atoms with Gasteiger partial charge in [0.25, 0.3) is 5.69 Å². The maximum atomic E-state index is 12.7. The van der Waals surface area contributed by atoms with Crippen LogP contribution in [0, 0.1) is 10.1 Å². The van der Waals surface area contributed by atoms with Gasteiger partial charge < -0.3 is 15.1 Å². The van der Waals surface area contributed by atoms with Crippen molar-refractivity contribution in [3.63, 3.8) is 0 Å². The molecule has 1 saturated heterocycles. The molecule has 1 fully saturated rings. The third kappa shape index (κ3) is 5.47. The number of carbonyl (C=O) groups excluding carboxylic acids is 2. The number of nitro benzene ring substituents is 1. The molecule has 2 amide bonds. The molecule has 1 N–H and O–H groups in total. The van der Waals surface area contributed by atoms with E-state index in [0.29, 0.717) is 6.54 Å². The Morgan fingerprint density at radius 2 is 1.93 bits per heavy atom. The number of anilines is 1. The van der Waals surface area contributed by atoms with Gasteiger partial charge in [-0.3, -0.25) is 19.7 Å². The number of para-hydroxylation sites is 2. The third-order valence-electron chi connectivity index (χ3n) is 4.24. The molecule has 0 saturated carbocycles. The molecule has 1 aromatic carbocycles. The van der Waals surface area contributed by atoms with Crippen LogP contribution in [0.3, 0.4) is 0 Å². The van der Waals surface area contributed by atoms with E-state index in [-0.39, 0.29) is 35.8 Å². The van der Waals surface area contributed by atoms with E-state index >= 15 is 0 Å². The van der Waals surface area contributed by atoms with Crippen molar-refractivity contribution >= 4 is 33.0 Å². The van der Waals surface area contributed by atoms with Crippen LogP contribution in [0.25, 0.3) is 0 Å². The number of nitrogens with one attached hydrogen (secondary N) is 1. The van der Waals surface area contributed by atoms with Gasteiger partial charge in [0.1, 0.15) is 5.69 Å². The van der Waals surface area contributed by atoms with Gasteiger partial charge in [-0.05, 0) is 26.6 Å². The SMILES string of the molecule is CN(C)CCN(C(=O)C(=O)Nc1ccccc1[N+](=O)[O-])C1CCS(=O)(=O)C1. The predicted octanol–water partition coefficient (Wildman–Crippen LogP) is 0.111. The summed E-state index contributed by atoms with van der Waals surface area (Å²) in [6.45, 7) is 0.622. The van der Waals surface area contributed by atoms with E-state index in [1.807, 2.05) is 4.90 Å². The van der Waals surface area contributed by atoms with Crippen molar-refractivity contribution in [2.75, 3.05) is 44.0 Å². The minimum atomic E-state index is -3.24. The molecule has 148 valence electrons. The van der Waals surface area contributed by atoms with Gasteiger partial charge in [0.05, 0.1) is 16.4 Å². The zero-order chi connectivity index (χ0) is 20.2. The first kappa shape index (κ1) is 20.8. The third-order valence-corrected chi connectivity index (χ3v) is 5.99. The van der Waals surface area contributed by atoms with Crippen molar-refractivity contribution in [2.24, 2.45) is 0 Å². The summed E-state index contributed by atoms with van der Waals surface area (Å²) in [6, 6.07) is 4.91. The number of rotatable bonds is 6. The molecule has 11 heteroatoms. The molecular formula is C16H22N4O6S. The van der Waals surface area contributed by atoms with Crippen LogP contribution in [0.5, 0.6) is 0 Å². The second-order valence-corrected chi connectivity index (χ2v) is 8.82. The Bertz CT molecular complexity index is 839. The Kier molecular flexibility index (Phi) is 6.50. The van der Waals surface area contributed by atoms with Crippen LogP contribution in [0.4, 0.5) is 11.4 Å². The van der Waals surface area contributed by atoms with Gasteiger partial charge in [-0.15, -0.1) is 0 Å². The lowest BCUT2D eigenvalue weighted by Crippen LogP contribution is -2.49. The lowest BCUT2D eigenvalue weighted by Gasteiger charge is -2.28. The Morgan fingerprint density at radius 3 is 2.48 bits per heavy atom. The van der Waals surface area contributed by atoms with Gasteiger partial charge >= 0.3 is 11.8 Å². The molecule has 0 spiro atoms. The number of amides is 2. The molecule has 1 aliphatic heterocycles. The van der Waals surface area contributed by atoms with Gasteiger partial charge in [-0.25, -0.2) is 8.42 Å². The summed E-state index contributed by atoms with van der Waals surface area (Å²) < 4.78 is 23.5. The van der Waals surface area contributed by atoms with Crippen LogP contribution < -0.4 is 5.32 Å². The molecule has 0 aliphatic carbocycles. The fourth-order valence-electron chi connectivity index (χ4n) is 2.82. The van der Waals surface area contributed by atoms with Gasteiger partial charge in [0.15, 0.2) is 9.84 Å². The maximum absolute atomic E-state index is 12.7. The standard InChI is InChI=1S/C16H22N4O6S/c1-18(2)8-9-19(12-7-10-27(25,26)11-12)16(22)15(21)17-13-5-3-4-6-14(13)20(23)24/h3-6,12H,7-11H2,1-2H3,(H,17,21). The summed E-state index contributed by atoms with van der Waals surface area (Å²) in [7, 11) is 0.343. The van der Waals surface area contributed by atoms with Crippen molar-refractivity contribution in [2.45, 2.75) is 12.5 Å². The first-order valence-electron chi connectivity index (χ1n) is 8.31. The highest BCUT2D eigenvalue weighted by atomic mass is 32.2.